The number of rotatable bonds is 2. The number of aromatic nitrogens is 1. The number of carbonyl (C=O) groups excluding carboxylic acids is 1. The number of carboxylic acids is 1. The van der Waals surface area contributed by atoms with E-state index in [1.165, 1.54) is 12.1 Å². The van der Waals surface area contributed by atoms with Crippen molar-refractivity contribution in [2.75, 3.05) is 5.32 Å². The van der Waals surface area contributed by atoms with Gasteiger partial charge in [0.15, 0.2) is 0 Å². The van der Waals surface area contributed by atoms with Crippen molar-refractivity contribution in [1.29, 1.82) is 0 Å². The summed E-state index contributed by atoms with van der Waals surface area (Å²) in [4.78, 5) is 24.3. The number of nitrogens with two attached hydrogens (primary N) is 1. The minimum absolute atomic E-state index is 0.181. The van der Waals surface area contributed by atoms with Gasteiger partial charge >= 0.3 is 12.0 Å². The lowest BCUT2D eigenvalue weighted by atomic mass is 10.1. The van der Waals surface area contributed by atoms with Gasteiger partial charge in [0.1, 0.15) is 0 Å². The van der Waals surface area contributed by atoms with Gasteiger partial charge in [-0.3, -0.25) is 0 Å². The molecule has 5 N–H and O–H groups in total. The Morgan fingerprint density at radius 1 is 1.38 bits per heavy atom. The summed E-state index contributed by atoms with van der Waals surface area (Å²) in [5.41, 5.74) is 6.33. The van der Waals surface area contributed by atoms with Gasteiger partial charge in [0.05, 0.1) is 11.3 Å². The third-order valence-corrected chi connectivity index (χ3v) is 2.19. The molecule has 1 aromatic carbocycles. The normalized spacial score (nSPS) is 10.2. The molecule has 2 aromatic rings. The summed E-state index contributed by atoms with van der Waals surface area (Å²) in [6.45, 7) is 0. The number of fused-ring (bicyclic) bond motifs is 1. The highest BCUT2D eigenvalue weighted by Crippen LogP contribution is 2.23. The van der Waals surface area contributed by atoms with E-state index in [-0.39, 0.29) is 5.56 Å². The number of benzene rings is 1. The first kappa shape index (κ1) is 10.0. The predicted molar refractivity (Wildman–Crippen MR) is 58.5 cm³/mol. The molecule has 0 aliphatic rings. The first-order chi connectivity index (χ1) is 7.58. The number of carboxylic acid groups (broad SMARTS) is 1. The molecule has 2 rings (SSSR count). The van der Waals surface area contributed by atoms with Crippen LogP contribution in [0.25, 0.3) is 10.9 Å². The van der Waals surface area contributed by atoms with E-state index in [2.05, 4.69) is 10.3 Å². The molecule has 0 bridgehead atoms. The maximum atomic E-state index is 10.7. The second-order valence-corrected chi connectivity index (χ2v) is 3.26. The average molecular weight is 219 g/mol. The molecule has 1 heterocycles. The Bertz CT molecular complexity index is 574. The molecule has 0 radical (unpaired) electrons. The van der Waals surface area contributed by atoms with Crippen LogP contribution < -0.4 is 11.1 Å². The Labute approximate surface area is 90.1 Å². The number of primary amides is 1. The highest BCUT2D eigenvalue weighted by Gasteiger charge is 2.08. The zero-order valence-corrected chi connectivity index (χ0v) is 8.15. The van der Waals surface area contributed by atoms with E-state index < -0.39 is 12.0 Å². The van der Waals surface area contributed by atoms with Gasteiger partial charge in [-0.05, 0) is 18.2 Å². The molecule has 0 saturated carbocycles. The number of aromatic amines is 1. The van der Waals surface area contributed by atoms with E-state index in [0.29, 0.717) is 16.6 Å². The van der Waals surface area contributed by atoms with Gasteiger partial charge in [0.2, 0.25) is 0 Å². The SMILES string of the molecule is NC(=O)Nc1c[nH]c2cc(C(=O)O)ccc12. The van der Waals surface area contributed by atoms with Crippen LogP contribution in [0.5, 0.6) is 0 Å². The van der Waals surface area contributed by atoms with Crippen molar-refractivity contribution in [1.82, 2.24) is 4.98 Å². The zero-order chi connectivity index (χ0) is 11.7. The number of H-pyrrole nitrogens is 1. The molecular weight excluding hydrogens is 210 g/mol. The van der Waals surface area contributed by atoms with Crippen LogP contribution in [0.3, 0.4) is 0 Å². The summed E-state index contributed by atoms with van der Waals surface area (Å²) >= 11 is 0. The van der Waals surface area contributed by atoms with Gasteiger partial charge in [0.25, 0.3) is 0 Å². The number of urea groups is 1. The van der Waals surface area contributed by atoms with Crippen LogP contribution in [0.1, 0.15) is 10.4 Å². The molecule has 6 nitrogen and oxygen atoms in total. The summed E-state index contributed by atoms with van der Waals surface area (Å²) in [7, 11) is 0. The third-order valence-electron chi connectivity index (χ3n) is 2.19. The maximum Gasteiger partial charge on any atom is 0.335 e. The summed E-state index contributed by atoms with van der Waals surface area (Å²) in [6, 6.07) is 3.90. The van der Waals surface area contributed by atoms with E-state index in [9.17, 15) is 9.59 Å². The van der Waals surface area contributed by atoms with Crippen LogP contribution in [0.2, 0.25) is 0 Å². The van der Waals surface area contributed by atoms with Gasteiger partial charge in [0, 0.05) is 17.1 Å². The van der Waals surface area contributed by atoms with Gasteiger partial charge in [-0.2, -0.15) is 0 Å². The van der Waals surface area contributed by atoms with Crippen molar-refractivity contribution >= 4 is 28.6 Å². The largest absolute Gasteiger partial charge is 0.478 e. The van der Waals surface area contributed by atoms with Crippen LogP contribution in [0.15, 0.2) is 24.4 Å². The highest BCUT2D eigenvalue weighted by atomic mass is 16.4. The van der Waals surface area contributed by atoms with Crippen molar-refractivity contribution in [2.24, 2.45) is 5.73 Å². The summed E-state index contributed by atoms with van der Waals surface area (Å²) in [5.74, 6) is -0.999. The minimum atomic E-state index is -0.999. The number of aromatic carboxylic acids is 1. The molecule has 0 unspecified atom stereocenters. The van der Waals surface area contributed by atoms with Crippen LogP contribution >= 0.6 is 0 Å². The van der Waals surface area contributed by atoms with Crippen molar-refractivity contribution in [2.45, 2.75) is 0 Å². The topological polar surface area (TPSA) is 108 Å². The monoisotopic (exact) mass is 219 g/mol. The molecule has 0 saturated heterocycles. The average Bonchev–Trinajstić information content (AvgIpc) is 2.60. The van der Waals surface area contributed by atoms with Crippen LogP contribution in [-0.4, -0.2) is 22.1 Å². The Kier molecular flexibility index (Phi) is 2.24. The van der Waals surface area contributed by atoms with Crippen molar-refractivity contribution in [3.05, 3.63) is 30.0 Å². The molecule has 1 aromatic heterocycles. The smallest absolute Gasteiger partial charge is 0.335 e. The first-order valence-corrected chi connectivity index (χ1v) is 4.49. The van der Waals surface area contributed by atoms with E-state index in [0.717, 1.165) is 0 Å². The Morgan fingerprint density at radius 3 is 2.75 bits per heavy atom. The Balaban J connectivity index is 2.50. The van der Waals surface area contributed by atoms with E-state index >= 15 is 0 Å². The Hall–Kier alpha value is -2.50. The van der Waals surface area contributed by atoms with Crippen LogP contribution in [0, 0.1) is 0 Å². The van der Waals surface area contributed by atoms with Gasteiger partial charge < -0.3 is 21.1 Å². The Morgan fingerprint density at radius 2 is 2.12 bits per heavy atom. The summed E-state index contributed by atoms with van der Waals surface area (Å²) < 4.78 is 0. The quantitative estimate of drug-likeness (QED) is 0.612. The molecule has 0 fully saturated rings. The molecule has 0 atom stereocenters. The predicted octanol–water partition coefficient (Wildman–Crippen LogP) is 1.36. The lowest BCUT2D eigenvalue weighted by Crippen LogP contribution is -2.18. The van der Waals surface area contributed by atoms with Crippen molar-refractivity contribution in [3.8, 4) is 0 Å². The highest BCUT2D eigenvalue weighted by molar-refractivity contribution is 6.02. The number of nitrogens with one attached hydrogen (secondary N) is 2. The fourth-order valence-electron chi connectivity index (χ4n) is 1.50. The lowest BCUT2D eigenvalue weighted by molar-refractivity contribution is 0.0697. The molecule has 16 heavy (non-hydrogen) atoms. The van der Waals surface area contributed by atoms with Gasteiger partial charge in [-0.1, -0.05) is 0 Å². The molecule has 2 amide bonds. The maximum absolute atomic E-state index is 10.7. The van der Waals surface area contributed by atoms with Gasteiger partial charge in [-0.25, -0.2) is 9.59 Å². The molecule has 0 spiro atoms. The third kappa shape index (κ3) is 1.68. The zero-order valence-electron chi connectivity index (χ0n) is 8.15. The first-order valence-electron chi connectivity index (χ1n) is 4.49. The van der Waals surface area contributed by atoms with Crippen LogP contribution in [-0.2, 0) is 0 Å². The van der Waals surface area contributed by atoms with E-state index in [1.54, 1.807) is 12.3 Å². The number of amides is 2. The molecular formula is C10H9N3O3. The van der Waals surface area contributed by atoms with E-state index in [4.69, 9.17) is 10.8 Å². The molecule has 6 heteroatoms. The number of hydrogen-bond donors (Lipinski definition) is 4. The van der Waals surface area contributed by atoms with Crippen molar-refractivity contribution < 1.29 is 14.7 Å². The summed E-state index contributed by atoms with van der Waals surface area (Å²) in [6.07, 6.45) is 1.56. The second-order valence-electron chi connectivity index (χ2n) is 3.26. The van der Waals surface area contributed by atoms with Gasteiger partial charge in [-0.15, -0.1) is 0 Å². The molecule has 0 aliphatic carbocycles. The standard InChI is InChI=1S/C10H9N3O3/c11-10(16)13-8-4-12-7-3-5(9(14)15)1-2-6(7)8/h1-4,12H,(H,14,15)(H3,11,13,16). The molecule has 0 aliphatic heterocycles. The summed E-state index contributed by atoms with van der Waals surface area (Å²) in [5, 5.41) is 11.9. The second kappa shape index (κ2) is 3.58. The number of carbonyl (C=O) groups is 2. The molecule has 82 valence electrons. The minimum Gasteiger partial charge on any atom is -0.478 e. The van der Waals surface area contributed by atoms with E-state index in [1.807, 2.05) is 0 Å². The van der Waals surface area contributed by atoms with Crippen LogP contribution in [0.4, 0.5) is 10.5 Å². The fourth-order valence-corrected chi connectivity index (χ4v) is 1.50. The number of anilines is 1. The number of hydrogen-bond acceptors (Lipinski definition) is 2. The lowest BCUT2D eigenvalue weighted by Gasteiger charge is -1.99. The fraction of sp³-hybridized carbons (Fsp3) is 0. The van der Waals surface area contributed by atoms with Crippen molar-refractivity contribution in [3.63, 3.8) is 0 Å².